The van der Waals surface area contributed by atoms with E-state index in [0.29, 0.717) is 49.0 Å². The molecule has 0 bridgehead atoms. The zero-order chi connectivity index (χ0) is 48.5. The van der Waals surface area contributed by atoms with Crippen LogP contribution in [0.15, 0.2) is 69.6 Å². The number of aryl methyl sites for hydroxylation is 3. The number of ether oxygens (including phenoxy) is 3. The van der Waals surface area contributed by atoms with Crippen molar-refractivity contribution in [3.05, 3.63) is 115 Å². The number of hydrogen-bond acceptors (Lipinski definition) is 14. The zero-order valence-electron chi connectivity index (χ0n) is 39.7. The number of hydrogen-bond donors (Lipinski definition) is 2. The molecule has 4 aromatic heterocycles. The molecule has 2 aromatic carbocycles. The molecule has 362 valence electrons. The third-order valence-electron chi connectivity index (χ3n) is 13.2. The number of carbonyl (C=O) groups excluding carboxylic acids is 3. The van der Waals surface area contributed by atoms with Gasteiger partial charge in [0.25, 0.3) is 5.88 Å². The summed E-state index contributed by atoms with van der Waals surface area (Å²) in [5.41, 5.74) is 8.70. The minimum absolute atomic E-state index is 0.0410. The molecule has 2 fully saturated rings. The molecule has 6 heterocycles. The summed E-state index contributed by atoms with van der Waals surface area (Å²) in [5.74, 6) is 0.478. The van der Waals surface area contributed by atoms with Gasteiger partial charge >= 0.3 is 0 Å². The molecule has 69 heavy (non-hydrogen) atoms. The second-order valence-corrected chi connectivity index (χ2v) is 20.8. The normalized spacial score (nSPS) is 20.2. The van der Waals surface area contributed by atoms with Crippen molar-refractivity contribution in [3.63, 3.8) is 0 Å². The van der Waals surface area contributed by atoms with Crippen molar-refractivity contribution in [1.82, 2.24) is 40.4 Å². The average molecular weight is 995 g/mol. The maximum absolute atomic E-state index is 14.3. The van der Waals surface area contributed by atoms with Crippen LogP contribution in [0.1, 0.15) is 102 Å². The summed E-state index contributed by atoms with van der Waals surface area (Å²) in [6.07, 6.45) is 1.47. The standard InChI is InChI=1S/C50H56ClN9O7S2/c1-26(2)43(49(63)59-24-37(64-7)20-39(59)48(62)52-23-31-8-10-33(11-9-31)46-28(4)53-25-68-46)40-22-42(58-67-40)66-17-16-65-36-18-35(19-36)54-41(61)21-38-47-57-56-30(6)60(47)50-44(27(3)29(5)69-50)45(55-38)32-12-14-34(51)15-13-32/h8-15,22,25-26,35-39,43H,16-21,23-24H2,1-7H3,(H,52,62)(H,54,61)/t35?,36?,37-,38+,39+,43?/m1/s1. The Morgan fingerprint density at radius 2 is 1.71 bits per heavy atom. The van der Waals surface area contributed by atoms with E-state index in [-0.39, 0.29) is 67.3 Å². The number of fused-ring (bicyclic) bond motifs is 3. The van der Waals surface area contributed by atoms with Crippen LogP contribution in [-0.2, 0) is 30.4 Å². The number of halogens is 1. The van der Waals surface area contributed by atoms with Crippen LogP contribution in [0.2, 0.25) is 5.02 Å². The van der Waals surface area contributed by atoms with Gasteiger partial charge in [-0.1, -0.05) is 61.8 Å². The van der Waals surface area contributed by atoms with Crippen LogP contribution in [0.3, 0.4) is 0 Å². The van der Waals surface area contributed by atoms with Crippen LogP contribution in [0.25, 0.3) is 15.4 Å². The van der Waals surface area contributed by atoms with E-state index in [1.165, 1.54) is 4.88 Å². The molecule has 16 nitrogen and oxygen atoms in total. The van der Waals surface area contributed by atoms with Gasteiger partial charge in [0.2, 0.25) is 17.7 Å². The van der Waals surface area contributed by atoms with Crippen molar-refractivity contribution >= 4 is 57.7 Å². The third-order valence-corrected chi connectivity index (χ3v) is 15.7. The topological polar surface area (TPSA) is 188 Å². The maximum atomic E-state index is 14.3. The van der Waals surface area contributed by atoms with Crippen molar-refractivity contribution in [2.24, 2.45) is 10.9 Å². The van der Waals surface area contributed by atoms with E-state index in [1.807, 2.05) is 86.3 Å². The summed E-state index contributed by atoms with van der Waals surface area (Å²) >= 11 is 9.53. The summed E-state index contributed by atoms with van der Waals surface area (Å²) in [6, 6.07) is 16.0. The smallest absolute Gasteiger partial charge is 0.254 e. The SMILES string of the molecule is CO[C@@H]1C[C@@H](C(=O)NCc2ccc(-c3scnc3C)cc2)N(C(=O)C(c2cc(OCCOC3CC(NC(=O)C[C@@H]4N=C(c5ccc(Cl)cc5)c5c(sc(C)c5C)-n5c(C)nnc54)C3)no2)C(C)C)C1. The van der Waals surface area contributed by atoms with E-state index < -0.39 is 18.0 Å². The van der Waals surface area contributed by atoms with Gasteiger partial charge in [0, 0.05) is 59.8 Å². The number of carbonyl (C=O) groups is 3. The maximum Gasteiger partial charge on any atom is 0.254 e. The third kappa shape index (κ3) is 10.3. The molecule has 2 aliphatic heterocycles. The van der Waals surface area contributed by atoms with Gasteiger partial charge in [0.1, 0.15) is 35.4 Å². The van der Waals surface area contributed by atoms with Crippen LogP contribution in [0, 0.1) is 33.6 Å². The number of likely N-dealkylation sites (tertiary alicyclic amines) is 1. The molecule has 0 spiro atoms. The van der Waals surface area contributed by atoms with Gasteiger partial charge in [-0.3, -0.25) is 23.9 Å². The highest BCUT2D eigenvalue weighted by Gasteiger charge is 2.44. The van der Waals surface area contributed by atoms with E-state index in [2.05, 4.69) is 44.8 Å². The molecule has 1 saturated carbocycles. The lowest BCUT2D eigenvalue weighted by Gasteiger charge is -2.35. The molecule has 3 aliphatic rings. The largest absolute Gasteiger partial charge is 0.473 e. The number of aliphatic imine (C=N–C) groups is 1. The molecule has 0 radical (unpaired) electrons. The van der Waals surface area contributed by atoms with Crippen molar-refractivity contribution in [2.75, 3.05) is 26.9 Å². The number of methoxy groups -OCH3 is 1. The molecule has 1 unspecified atom stereocenters. The highest BCUT2D eigenvalue weighted by Crippen LogP contribution is 2.40. The Bertz CT molecular complexity index is 2850. The molecule has 9 rings (SSSR count). The molecule has 19 heteroatoms. The van der Waals surface area contributed by atoms with E-state index in [4.69, 9.17) is 35.3 Å². The Morgan fingerprint density at radius 3 is 2.42 bits per heavy atom. The van der Waals surface area contributed by atoms with Gasteiger partial charge in [0.05, 0.1) is 47.0 Å². The van der Waals surface area contributed by atoms with E-state index in [1.54, 1.807) is 40.7 Å². The minimum Gasteiger partial charge on any atom is -0.473 e. The highest BCUT2D eigenvalue weighted by molar-refractivity contribution is 7.15. The molecule has 1 aliphatic carbocycles. The Labute approximate surface area is 413 Å². The number of rotatable bonds is 17. The van der Waals surface area contributed by atoms with Gasteiger partial charge in [0.15, 0.2) is 11.6 Å². The number of aromatic nitrogens is 5. The fourth-order valence-electron chi connectivity index (χ4n) is 9.30. The lowest BCUT2D eigenvalue weighted by Crippen LogP contribution is -2.48. The van der Waals surface area contributed by atoms with E-state index in [0.717, 1.165) is 54.9 Å². The summed E-state index contributed by atoms with van der Waals surface area (Å²) in [7, 11) is 1.59. The van der Waals surface area contributed by atoms with Gasteiger partial charge in [-0.15, -0.1) is 32.9 Å². The Morgan fingerprint density at radius 1 is 0.957 bits per heavy atom. The van der Waals surface area contributed by atoms with Gasteiger partial charge in [-0.05, 0) is 80.4 Å². The lowest BCUT2D eigenvalue weighted by atomic mass is 9.89. The first kappa shape index (κ1) is 48.2. The first-order valence-electron chi connectivity index (χ1n) is 23.2. The molecule has 2 N–H and O–H groups in total. The molecule has 1 saturated heterocycles. The summed E-state index contributed by atoms with van der Waals surface area (Å²) < 4.78 is 25.4. The van der Waals surface area contributed by atoms with Gasteiger partial charge < -0.3 is 34.3 Å². The monoisotopic (exact) mass is 993 g/mol. The Kier molecular flexibility index (Phi) is 14.4. The van der Waals surface area contributed by atoms with E-state index >= 15 is 0 Å². The number of amides is 3. The van der Waals surface area contributed by atoms with Crippen LogP contribution < -0.4 is 15.4 Å². The van der Waals surface area contributed by atoms with Gasteiger partial charge in [-0.25, -0.2) is 4.98 Å². The van der Waals surface area contributed by atoms with Crippen molar-refractivity contribution in [2.45, 2.75) is 110 Å². The lowest BCUT2D eigenvalue weighted by molar-refractivity contribution is -0.141. The minimum atomic E-state index is -0.709. The second-order valence-electron chi connectivity index (χ2n) is 18.3. The molecule has 6 aromatic rings. The molecular weight excluding hydrogens is 938 g/mol. The fraction of sp³-hybridized carbons (Fsp3) is 0.440. The Balaban J connectivity index is 0.750. The molecule has 4 atom stereocenters. The van der Waals surface area contributed by atoms with Gasteiger partial charge in [-0.2, -0.15) is 0 Å². The number of benzene rings is 2. The number of nitrogens with one attached hydrogen (secondary N) is 2. The summed E-state index contributed by atoms with van der Waals surface area (Å²) in [6.45, 7) is 13.1. The second kappa shape index (κ2) is 20.7. The quantitative estimate of drug-likeness (QED) is 0.0843. The number of thiophene rings is 1. The first-order valence-corrected chi connectivity index (χ1v) is 25.3. The van der Waals surface area contributed by atoms with Crippen LogP contribution in [0.4, 0.5) is 0 Å². The fourth-order valence-corrected chi connectivity index (χ4v) is 11.4. The first-order chi connectivity index (χ1) is 33.3. The summed E-state index contributed by atoms with van der Waals surface area (Å²) in [5, 5.41) is 20.9. The molecular formula is C50H56ClN9O7S2. The van der Waals surface area contributed by atoms with Crippen molar-refractivity contribution < 1.29 is 33.1 Å². The predicted molar refractivity (Wildman–Crippen MR) is 263 cm³/mol. The average Bonchev–Trinajstić information content (AvgIpc) is 4.17. The number of nitrogens with zero attached hydrogens (tertiary/aromatic N) is 7. The number of thiazole rings is 1. The highest BCUT2D eigenvalue weighted by atomic mass is 35.5. The predicted octanol–water partition coefficient (Wildman–Crippen LogP) is 8.02. The van der Waals surface area contributed by atoms with Crippen LogP contribution in [-0.4, -0.2) is 104 Å². The Hall–Kier alpha value is -5.79. The summed E-state index contributed by atoms with van der Waals surface area (Å²) in [4.78, 5) is 55.0. The zero-order valence-corrected chi connectivity index (χ0v) is 42.0. The van der Waals surface area contributed by atoms with E-state index in [9.17, 15) is 14.4 Å². The molecule has 3 amide bonds. The van der Waals surface area contributed by atoms with Crippen LogP contribution in [0.5, 0.6) is 5.88 Å². The van der Waals surface area contributed by atoms with Crippen molar-refractivity contribution in [1.29, 1.82) is 0 Å². The van der Waals surface area contributed by atoms with Crippen molar-refractivity contribution in [3.8, 4) is 21.3 Å². The van der Waals surface area contributed by atoms with Crippen LogP contribution >= 0.6 is 34.3 Å².